The third-order valence-corrected chi connectivity index (χ3v) is 4.03. The van der Waals surface area contributed by atoms with E-state index in [9.17, 15) is 9.90 Å². The van der Waals surface area contributed by atoms with E-state index < -0.39 is 5.63 Å². The summed E-state index contributed by atoms with van der Waals surface area (Å²) < 4.78 is 10.9. The Kier molecular flexibility index (Phi) is 4.20. The van der Waals surface area contributed by atoms with Crippen LogP contribution in [-0.2, 0) is 6.61 Å². The first-order chi connectivity index (χ1) is 11.0. The fraction of sp³-hybridized carbons (Fsp3) is 0.118. The Labute approximate surface area is 141 Å². The number of fused-ring (bicyclic) bond motifs is 1. The van der Waals surface area contributed by atoms with Crippen LogP contribution in [0.15, 0.2) is 45.6 Å². The van der Waals surface area contributed by atoms with Gasteiger partial charge in [0.05, 0.1) is 5.02 Å². The maximum atomic E-state index is 11.7. The molecule has 1 aromatic heterocycles. The highest BCUT2D eigenvalue weighted by atomic mass is 35.5. The summed E-state index contributed by atoms with van der Waals surface area (Å²) in [6.07, 6.45) is 0. The Morgan fingerprint density at radius 3 is 2.70 bits per heavy atom. The van der Waals surface area contributed by atoms with Crippen LogP contribution in [0.2, 0.25) is 10.0 Å². The fourth-order valence-corrected chi connectivity index (χ4v) is 2.75. The van der Waals surface area contributed by atoms with Crippen molar-refractivity contribution in [1.29, 1.82) is 0 Å². The van der Waals surface area contributed by atoms with Crippen LogP contribution in [0.25, 0.3) is 11.0 Å². The average Bonchev–Trinajstić information content (AvgIpc) is 2.50. The Balaban J connectivity index is 2.00. The van der Waals surface area contributed by atoms with Crippen LogP contribution in [0.5, 0.6) is 11.5 Å². The van der Waals surface area contributed by atoms with Gasteiger partial charge in [0.25, 0.3) is 0 Å². The number of hydrogen-bond donors (Lipinski definition) is 1. The zero-order chi connectivity index (χ0) is 16.6. The molecule has 0 atom stereocenters. The molecule has 118 valence electrons. The summed E-state index contributed by atoms with van der Waals surface area (Å²) in [5, 5.41) is 11.3. The summed E-state index contributed by atoms with van der Waals surface area (Å²) in [4.78, 5) is 11.7. The van der Waals surface area contributed by atoms with E-state index in [0.29, 0.717) is 37.9 Å². The molecule has 0 radical (unpaired) electrons. The van der Waals surface area contributed by atoms with Crippen molar-refractivity contribution in [2.24, 2.45) is 0 Å². The van der Waals surface area contributed by atoms with Crippen LogP contribution in [0.3, 0.4) is 0 Å². The molecule has 0 aliphatic rings. The minimum absolute atomic E-state index is 0.0689. The highest BCUT2D eigenvalue weighted by Gasteiger charge is 2.12. The van der Waals surface area contributed by atoms with Crippen LogP contribution in [0, 0.1) is 6.92 Å². The number of aromatic hydroxyl groups is 1. The van der Waals surface area contributed by atoms with Crippen molar-refractivity contribution < 1.29 is 14.3 Å². The number of hydrogen-bond acceptors (Lipinski definition) is 4. The van der Waals surface area contributed by atoms with E-state index in [0.717, 1.165) is 0 Å². The first-order valence-corrected chi connectivity index (χ1v) is 7.54. The summed E-state index contributed by atoms with van der Waals surface area (Å²) in [5.41, 5.74) is 0.988. The van der Waals surface area contributed by atoms with Gasteiger partial charge in [-0.05, 0) is 37.3 Å². The Hall–Kier alpha value is -2.17. The first-order valence-electron chi connectivity index (χ1n) is 6.79. The fourth-order valence-electron chi connectivity index (χ4n) is 2.28. The second-order valence-electron chi connectivity index (χ2n) is 5.04. The third-order valence-electron chi connectivity index (χ3n) is 3.50. The number of halogens is 2. The number of aryl methyl sites for hydroxylation is 1. The van der Waals surface area contributed by atoms with Crippen LogP contribution >= 0.6 is 23.2 Å². The molecule has 1 heterocycles. The van der Waals surface area contributed by atoms with Crippen molar-refractivity contribution in [3.05, 3.63) is 68.0 Å². The van der Waals surface area contributed by atoms with E-state index in [1.54, 1.807) is 37.3 Å². The lowest BCUT2D eigenvalue weighted by Gasteiger charge is -2.11. The monoisotopic (exact) mass is 350 g/mol. The van der Waals surface area contributed by atoms with Gasteiger partial charge in [0.15, 0.2) is 0 Å². The van der Waals surface area contributed by atoms with Gasteiger partial charge >= 0.3 is 5.63 Å². The molecule has 0 saturated heterocycles. The largest absolute Gasteiger partial charge is 0.508 e. The number of ether oxygens (including phenoxy) is 1. The molecule has 0 spiro atoms. The van der Waals surface area contributed by atoms with E-state index in [4.69, 9.17) is 32.4 Å². The Morgan fingerprint density at radius 1 is 1.17 bits per heavy atom. The lowest BCUT2D eigenvalue weighted by Crippen LogP contribution is -2.05. The molecular weight excluding hydrogens is 339 g/mol. The molecule has 0 saturated carbocycles. The number of phenols is 1. The van der Waals surface area contributed by atoms with E-state index >= 15 is 0 Å². The number of phenolic OH excluding ortho intramolecular Hbond substituents is 1. The molecule has 0 amide bonds. The van der Waals surface area contributed by atoms with Gasteiger partial charge in [-0.2, -0.15) is 0 Å². The minimum Gasteiger partial charge on any atom is -0.508 e. The summed E-state index contributed by atoms with van der Waals surface area (Å²) in [7, 11) is 0. The summed E-state index contributed by atoms with van der Waals surface area (Å²) in [5.74, 6) is 0.535. The van der Waals surface area contributed by atoms with Crippen molar-refractivity contribution >= 4 is 34.2 Å². The lowest BCUT2D eigenvalue weighted by molar-refractivity contribution is 0.307. The smallest absolute Gasteiger partial charge is 0.336 e. The topological polar surface area (TPSA) is 59.7 Å². The molecule has 0 aliphatic carbocycles. The molecule has 6 heteroatoms. The van der Waals surface area contributed by atoms with Gasteiger partial charge in [-0.25, -0.2) is 4.79 Å². The highest BCUT2D eigenvalue weighted by Crippen LogP contribution is 2.30. The average molecular weight is 351 g/mol. The minimum atomic E-state index is -0.507. The van der Waals surface area contributed by atoms with Crippen LogP contribution in [0.4, 0.5) is 0 Å². The summed E-state index contributed by atoms with van der Waals surface area (Å²) >= 11 is 11.9. The summed E-state index contributed by atoms with van der Waals surface area (Å²) in [6, 6.07) is 9.51. The zero-order valence-electron chi connectivity index (χ0n) is 12.1. The molecule has 3 aromatic rings. The van der Waals surface area contributed by atoms with Crippen molar-refractivity contribution in [3.8, 4) is 11.5 Å². The standard InChI is InChI=1S/C17H12Cl2O4/c1-9-14(20)4-3-12-10(6-16(21)23-17(9)12)8-22-15-5-2-11(18)7-13(15)19/h2-7,20H,8H2,1H3. The maximum absolute atomic E-state index is 11.7. The summed E-state index contributed by atoms with van der Waals surface area (Å²) in [6.45, 7) is 1.81. The predicted molar refractivity (Wildman–Crippen MR) is 89.7 cm³/mol. The maximum Gasteiger partial charge on any atom is 0.336 e. The van der Waals surface area contributed by atoms with Gasteiger partial charge in [-0.1, -0.05) is 23.2 Å². The van der Waals surface area contributed by atoms with E-state index in [1.165, 1.54) is 6.07 Å². The second-order valence-corrected chi connectivity index (χ2v) is 5.88. The van der Waals surface area contributed by atoms with Crippen molar-refractivity contribution in [2.45, 2.75) is 13.5 Å². The molecule has 1 N–H and O–H groups in total. The SMILES string of the molecule is Cc1c(O)ccc2c(COc3ccc(Cl)cc3Cl)cc(=O)oc12. The van der Waals surface area contributed by atoms with Crippen molar-refractivity contribution in [3.63, 3.8) is 0 Å². The zero-order valence-corrected chi connectivity index (χ0v) is 13.6. The van der Waals surface area contributed by atoms with Gasteiger partial charge in [0.1, 0.15) is 23.7 Å². The van der Waals surface area contributed by atoms with E-state index in [-0.39, 0.29) is 12.4 Å². The molecular formula is C17H12Cl2O4. The van der Waals surface area contributed by atoms with E-state index in [2.05, 4.69) is 0 Å². The Morgan fingerprint density at radius 2 is 1.96 bits per heavy atom. The quantitative estimate of drug-likeness (QED) is 0.696. The normalized spacial score (nSPS) is 10.9. The molecule has 4 nitrogen and oxygen atoms in total. The van der Waals surface area contributed by atoms with Crippen LogP contribution in [-0.4, -0.2) is 5.11 Å². The van der Waals surface area contributed by atoms with Gasteiger partial charge in [0, 0.05) is 27.6 Å². The molecule has 0 fully saturated rings. The predicted octanol–water partition coefficient (Wildman–Crippen LogP) is 4.69. The molecule has 0 unspecified atom stereocenters. The van der Waals surface area contributed by atoms with Gasteiger partial charge in [-0.3, -0.25) is 0 Å². The number of rotatable bonds is 3. The van der Waals surface area contributed by atoms with E-state index in [1.807, 2.05) is 0 Å². The molecule has 23 heavy (non-hydrogen) atoms. The van der Waals surface area contributed by atoms with Crippen molar-refractivity contribution in [1.82, 2.24) is 0 Å². The Bertz CT molecular complexity index is 947. The molecule has 0 bridgehead atoms. The molecule has 0 aliphatic heterocycles. The lowest BCUT2D eigenvalue weighted by atomic mass is 10.1. The number of benzene rings is 2. The second kappa shape index (κ2) is 6.14. The third kappa shape index (κ3) is 3.14. The first kappa shape index (κ1) is 15.7. The molecule has 3 rings (SSSR count). The van der Waals surface area contributed by atoms with Crippen molar-refractivity contribution in [2.75, 3.05) is 0 Å². The van der Waals surface area contributed by atoms with Gasteiger partial charge in [0.2, 0.25) is 0 Å². The van der Waals surface area contributed by atoms with Gasteiger partial charge < -0.3 is 14.3 Å². The van der Waals surface area contributed by atoms with Crippen LogP contribution < -0.4 is 10.4 Å². The highest BCUT2D eigenvalue weighted by molar-refractivity contribution is 6.35. The van der Waals surface area contributed by atoms with Crippen LogP contribution in [0.1, 0.15) is 11.1 Å². The molecule has 2 aromatic carbocycles. The van der Waals surface area contributed by atoms with Gasteiger partial charge in [-0.15, -0.1) is 0 Å².